The summed E-state index contributed by atoms with van der Waals surface area (Å²) in [5, 5.41) is 3.42. The predicted octanol–water partition coefficient (Wildman–Crippen LogP) is 4.17. The maximum Gasteiger partial charge on any atom is 0.211 e. The van der Waals surface area contributed by atoms with Gasteiger partial charge in [-0.2, -0.15) is 0 Å². The third-order valence-corrected chi connectivity index (χ3v) is 3.87. The summed E-state index contributed by atoms with van der Waals surface area (Å²) in [4.78, 5) is 4.45. The Bertz CT molecular complexity index is 340. The summed E-state index contributed by atoms with van der Waals surface area (Å²) in [5.41, 5.74) is 0. The van der Waals surface area contributed by atoms with E-state index in [1.807, 2.05) is 6.20 Å². The molecule has 1 aromatic heterocycles. The fourth-order valence-electron chi connectivity index (χ4n) is 2.70. The molecule has 1 aromatic rings. The van der Waals surface area contributed by atoms with Crippen LogP contribution in [0.4, 0.5) is 0 Å². The second-order valence-corrected chi connectivity index (χ2v) is 5.47. The van der Waals surface area contributed by atoms with E-state index < -0.39 is 0 Å². The Hall–Kier alpha value is -0.830. The number of oxazole rings is 1. The first-order valence-electron chi connectivity index (χ1n) is 7.50. The average Bonchev–Trinajstić information content (AvgIpc) is 2.72. The van der Waals surface area contributed by atoms with Crippen LogP contribution < -0.4 is 5.32 Å². The maximum absolute atomic E-state index is 5.96. The van der Waals surface area contributed by atoms with Crippen molar-refractivity contribution in [2.45, 2.75) is 70.8 Å². The molecule has 0 aromatic carbocycles. The Morgan fingerprint density at radius 3 is 2.72 bits per heavy atom. The monoisotopic (exact) mass is 250 g/mol. The van der Waals surface area contributed by atoms with Crippen molar-refractivity contribution >= 4 is 0 Å². The molecular weight excluding hydrogens is 224 g/mol. The van der Waals surface area contributed by atoms with E-state index >= 15 is 0 Å². The van der Waals surface area contributed by atoms with Gasteiger partial charge in [0.05, 0.1) is 12.2 Å². The number of rotatable bonds is 5. The van der Waals surface area contributed by atoms with Gasteiger partial charge in [0.15, 0.2) is 0 Å². The minimum absolute atomic E-state index is 0.226. The SMILES string of the molecule is CCCNC(C)c1ncc(C2CCCCCC2)o1. The maximum atomic E-state index is 5.96. The topological polar surface area (TPSA) is 38.1 Å². The van der Waals surface area contributed by atoms with E-state index in [2.05, 4.69) is 24.1 Å². The molecule has 18 heavy (non-hydrogen) atoms. The zero-order valence-electron chi connectivity index (χ0n) is 11.7. The molecule has 1 aliphatic carbocycles. The highest BCUT2D eigenvalue weighted by Gasteiger charge is 2.20. The molecule has 0 aliphatic heterocycles. The second-order valence-electron chi connectivity index (χ2n) is 5.47. The van der Waals surface area contributed by atoms with Crippen LogP contribution >= 0.6 is 0 Å². The summed E-state index contributed by atoms with van der Waals surface area (Å²) in [6, 6.07) is 0.226. The lowest BCUT2D eigenvalue weighted by Crippen LogP contribution is -2.19. The van der Waals surface area contributed by atoms with Crippen LogP contribution in [-0.2, 0) is 0 Å². The first-order chi connectivity index (χ1) is 8.81. The van der Waals surface area contributed by atoms with Crippen LogP contribution in [0.5, 0.6) is 0 Å². The van der Waals surface area contributed by atoms with E-state index in [4.69, 9.17) is 4.42 Å². The van der Waals surface area contributed by atoms with Gasteiger partial charge in [-0.25, -0.2) is 4.98 Å². The lowest BCUT2D eigenvalue weighted by molar-refractivity contribution is 0.367. The molecule has 102 valence electrons. The normalized spacial score (nSPS) is 19.7. The predicted molar refractivity (Wildman–Crippen MR) is 73.7 cm³/mol. The van der Waals surface area contributed by atoms with Crippen molar-refractivity contribution in [2.24, 2.45) is 0 Å². The van der Waals surface area contributed by atoms with Gasteiger partial charge >= 0.3 is 0 Å². The van der Waals surface area contributed by atoms with Gasteiger partial charge in [-0.15, -0.1) is 0 Å². The van der Waals surface area contributed by atoms with E-state index in [1.54, 1.807) is 0 Å². The van der Waals surface area contributed by atoms with Crippen LogP contribution in [0.25, 0.3) is 0 Å². The summed E-state index contributed by atoms with van der Waals surface area (Å²) in [7, 11) is 0. The summed E-state index contributed by atoms with van der Waals surface area (Å²) in [6.07, 6.45) is 11.1. The van der Waals surface area contributed by atoms with Crippen molar-refractivity contribution in [3.8, 4) is 0 Å². The van der Waals surface area contributed by atoms with E-state index in [-0.39, 0.29) is 6.04 Å². The van der Waals surface area contributed by atoms with Gasteiger partial charge in [0.1, 0.15) is 5.76 Å². The van der Waals surface area contributed by atoms with Crippen molar-refractivity contribution in [1.29, 1.82) is 0 Å². The van der Waals surface area contributed by atoms with Crippen molar-refractivity contribution in [3.63, 3.8) is 0 Å². The highest BCUT2D eigenvalue weighted by atomic mass is 16.4. The van der Waals surface area contributed by atoms with Gasteiger partial charge in [0.2, 0.25) is 5.89 Å². The highest BCUT2D eigenvalue weighted by Crippen LogP contribution is 2.32. The van der Waals surface area contributed by atoms with Gasteiger partial charge < -0.3 is 9.73 Å². The fraction of sp³-hybridized carbons (Fsp3) is 0.800. The molecule has 1 saturated carbocycles. The van der Waals surface area contributed by atoms with Gasteiger partial charge in [0.25, 0.3) is 0 Å². The molecule has 1 unspecified atom stereocenters. The highest BCUT2D eigenvalue weighted by molar-refractivity contribution is 5.04. The third-order valence-electron chi connectivity index (χ3n) is 3.87. The van der Waals surface area contributed by atoms with Crippen LogP contribution in [0.1, 0.15) is 82.4 Å². The lowest BCUT2D eigenvalue weighted by atomic mass is 9.98. The smallest absolute Gasteiger partial charge is 0.211 e. The number of hydrogen-bond donors (Lipinski definition) is 1. The van der Waals surface area contributed by atoms with Crippen LogP contribution in [0.3, 0.4) is 0 Å². The zero-order valence-corrected chi connectivity index (χ0v) is 11.7. The molecule has 0 bridgehead atoms. The molecule has 3 nitrogen and oxygen atoms in total. The van der Waals surface area contributed by atoms with E-state index in [9.17, 15) is 0 Å². The Labute approximate surface area is 110 Å². The molecular formula is C15H26N2O. The molecule has 1 aliphatic rings. The van der Waals surface area contributed by atoms with Crippen LogP contribution in [-0.4, -0.2) is 11.5 Å². The molecule has 1 fully saturated rings. The molecule has 1 N–H and O–H groups in total. The standard InChI is InChI=1S/C15H26N2O/c1-3-10-16-12(2)15-17-11-14(18-15)13-8-6-4-5-7-9-13/h11-13,16H,3-10H2,1-2H3. The van der Waals surface area contributed by atoms with E-state index in [0.717, 1.165) is 24.6 Å². The number of nitrogens with one attached hydrogen (secondary N) is 1. The molecule has 0 amide bonds. The molecule has 0 saturated heterocycles. The van der Waals surface area contributed by atoms with Crippen molar-refractivity contribution in [1.82, 2.24) is 10.3 Å². The molecule has 2 rings (SSSR count). The van der Waals surface area contributed by atoms with Crippen molar-refractivity contribution in [2.75, 3.05) is 6.54 Å². The zero-order chi connectivity index (χ0) is 12.8. The first-order valence-corrected chi connectivity index (χ1v) is 7.50. The van der Waals surface area contributed by atoms with Gasteiger partial charge in [-0.1, -0.05) is 32.6 Å². The quantitative estimate of drug-likeness (QED) is 0.797. The third kappa shape index (κ3) is 3.58. The van der Waals surface area contributed by atoms with E-state index in [0.29, 0.717) is 5.92 Å². The first kappa shape index (κ1) is 13.6. The molecule has 1 heterocycles. The minimum Gasteiger partial charge on any atom is -0.444 e. The summed E-state index contributed by atoms with van der Waals surface area (Å²) < 4.78 is 5.96. The lowest BCUT2D eigenvalue weighted by Gasteiger charge is -2.11. The number of aromatic nitrogens is 1. The molecule has 3 heteroatoms. The summed E-state index contributed by atoms with van der Waals surface area (Å²) >= 11 is 0. The Kier molecular flexibility index (Phi) is 5.24. The van der Waals surface area contributed by atoms with Gasteiger partial charge in [-0.3, -0.25) is 0 Å². The Morgan fingerprint density at radius 2 is 2.06 bits per heavy atom. The second kappa shape index (κ2) is 6.93. The number of hydrogen-bond acceptors (Lipinski definition) is 3. The summed E-state index contributed by atoms with van der Waals surface area (Å²) in [6.45, 7) is 5.31. The fourth-order valence-corrected chi connectivity index (χ4v) is 2.70. The minimum atomic E-state index is 0.226. The number of nitrogens with zero attached hydrogens (tertiary/aromatic N) is 1. The Morgan fingerprint density at radius 1 is 1.33 bits per heavy atom. The van der Waals surface area contributed by atoms with Gasteiger partial charge in [0, 0.05) is 5.92 Å². The largest absolute Gasteiger partial charge is 0.444 e. The molecule has 0 spiro atoms. The van der Waals surface area contributed by atoms with Crippen molar-refractivity contribution in [3.05, 3.63) is 17.8 Å². The van der Waals surface area contributed by atoms with Crippen LogP contribution in [0.2, 0.25) is 0 Å². The molecule has 0 radical (unpaired) electrons. The van der Waals surface area contributed by atoms with Crippen LogP contribution in [0.15, 0.2) is 10.6 Å². The summed E-state index contributed by atoms with van der Waals surface area (Å²) in [5.74, 6) is 2.56. The van der Waals surface area contributed by atoms with Crippen LogP contribution in [0, 0.1) is 0 Å². The Balaban J connectivity index is 1.95. The average molecular weight is 250 g/mol. The van der Waals surface area contributed by atoms with E-state index in [1.165, 1.54) is 38.5 Å². The van der Waals surface area contributed by atoms with Crippen molar-refractivity contribution < 1.29 is 4.42 Å². The van der Waals surface area contributed by atoms with Gasteiger partial charge in [-0.05, 0) is 32.7 Å². The molecule has 1 atom stereocenters.